The third-order valence-electron chi connectivity index (χ3n) is 3.17. The molecular weight excluding hydrogens is 184 g/mol. The highest BCUT2D eigenvalue weighted by molar-refractivity contribution is 5.78. The molecule has 0 N–H and O–H groups in total. The third-order valence-corrected chi connectivity index (χ3v) is 3.17. The van der Waals surface area contributed by atoms with Crippen molar-refractivity contribution in [2.45, 2.75) is 41.0 Å². The van der Waals surface area contributed by atoms with Crippen molar-refractivity contribution in [2.24, 2.45) is 5.92 Å². The molecule has 15 heavy (non-hydrogen) atoms. The fourth-order valence-corrected chi connectivity index (χ4v) is 1.71. The Morgan fingerprint density at radius 2 is 1.67 bits per heavy atom. The SMILES string of the molecule is CC(=O)C(C)Cc1cc(C)c(C)cc1C. The Hall–Kier alpha value is -1.11. The molecule has 1 heteroatoms. The summed E-state index contributed by atoms with van der Waals surface area (Å²) in [6.07, 6.45) is 0.863. The Balaban J connectivity index is 2.95. The molecule has 0 aromatic heterocycles. The molecule has 0 radical (unpaired) electrons. The lowest BCUT2D eigenvalue weighted by molar-refractivity contribution is -0.120. The van der Waals surface area contributed by atoms with Gasteiger partial charge in [0.15, 0.2) is 0 Å². The van der Waals surface area contributed by atoms with Crippen LogP contribution in [0.2, 0.25) is 0 Å². The highest BCUT2D eigenvalue weighted by Gasteiger charge is 2.10. The number of aryl methyl sites for hydroxylation is 3. The fourth-order valence-electron chi connectivity index (χ4n) is 1.71. The van der Waals surface area contributed by atoms with Gasteiger partial charge in [0.25, 0.3) is 0 Å². The molecule has 0 bridgehead atoms. The Labute approximate surface area is 92.5 Å². The van der Waals surface area contributed by atoms with Gasteiger partial charge in [-0.05, 0) is 56.4 Å². The maximum atomic E-state index is 11.2. The Bertz CT molecular complexity index is 377. The fraction of sp³-hybridized carbons (Fsp3) is 0.500. The molecule has 0 aliphatic heterocycles. The highest BCUT2D eigenvalue weighted by Crippen LogP contribution is 2.18. The largest absolute Gasteiger partial charge is 0.300 e. The maximum absolute atomic E-state index is 11.2. The van der Waals surface area contributed by atoms with E-state index in [-0.39, 0.29) is 11.7 Å². The molecule has 0 fully saturated rings. The number of benzene rings is 1. The number of carbonyl (C=O) groups excluding carboxylic acids is 1. The molecule has 0 amide bonds. The Morgan fingerprint density at radius 1 is 1.13 bits per heavy atom. The minimum atomic E-state index is 0.130. The average molecular weight is 204 g/mol. The maximum Gasteiger partial charge on any atom is 0.132 e. The van der Waals surface area contributed by atoms with Gasteiger partial charge in [0.05, 0.1) is 0 Å². The lowest BCUT2D eigenvalue weighted by atomic mass is 9.92. The van der Waals surface area contributed by atoms with Crippen LogP contribution in [0.5, 0.6) is 0 Å². The number of rotatable bonds is 3. The summed E-state index contributed by atoms with van der Waals surface area (Å²) >= 11 is 0. The van der Waals surface area contributed by atoms with Crippen LogP contribution in [0.3, 0.4) is 0 Å². The van der Waals surface area contributed by atoms with Gasteiger partial charge in [-0.1, -0.05) is 19.1 Å². The van der Waals surface area contributed by atoms with Crippen LogP contribution < -0.4 is 0 Å². The zero-order valence-corrected chi connectivity index (χ0v) is 10.3. The molecule has 1 aromatic carbocycles. The molecule has 0 spiro atoms. The molecule has 0 saturated carbocycles. The second kappa shape index (κ2) is 4.61. The van der Waals surface area contributed by atoms with Gasteiger partial charge in [0.1, 0.15) is 5.78 Å². The van der Waals surface area contributed by atoms with E-state index in [9.17, 15) is 4.79 Å². The van der Waals surface area contributed by atoms with Crippen molar-refractivity contribution in [1.29, 1.82) is 0 Å². The van der Waals surface area contributed by atoms with E-state index in [1.807, 2.05) is 6.92 Å². The molecule has 1 rings (SSSR count). The number of hydrogen-bond acceptors (Lipinski definition) is 1. The smallest absolute Gasteiger partial charge is 0.132 e. The second-order valence-electron chi connectivity index (χ2n) is 4.58. The normalized spacial score (nSPS) is 12.6. The summed E-state index contributed by atoms with van der Waals surface area (Å²) in [6, 6.07) is 4.42. The number of ketones is 1. The molecule has 0 aliphatic carbocycles. The predicted molar refractivity (Wildman–Crippen MR) is 64.2 cm³/mol. The number of Topliss-reactive ketones (excluding diaryl/α,β-unsaturated/α-hetero) is 1. The van der Waals surface area contributed by atoms with Crippen molar-refractivity contribution in [3.05, 3.63) is 34.4 Å². The van der Waals surface area contributed by atoms with Crippen molar-refractivity contribution in [3.63, 3.8) is 0 Å². The lowest BCUT2D eigenvalue weighted by Gasteiger charge is -2.12. The van der Waals surface area contributed by atoms with Crippen molar-refractivity contribution < 1.29 is 4.79 Å². The van der Waals surface area contributed by atoms with Gasteiger partial charge in [-0.2, -0.15) is 0 Å². The van der Waals surface area contributed by atoms with Gasteiger partial charge in [0, 0.05) is 5.92 Å². The minimum absolute atomic E-state index is 0.130. The second-order valence-corrected chi connectivity index (χ2v) is 4.58. The van der Waals surface area contributed by atoms with Crippen molar-refractivity contribution in [3.8, 4) is 0 Å². The van der Waals surface area contributed by atoms with Crippen LogP contribution >= 0.6 is 0 Å². The van der Waals surface area contributed by atoms with Crippen molar-refractivity contribution in [1.82, 2.24) is 0 Å². The van der Waals surface area contributed by atoms with Gasteiger partial charge in [-0.25, -0.2) is 0 Å². The summed E-state index contributed by atoms with van der Waals surface area (Å²) in [4.78, 5) is 11.2. The van der Waals surface area contributed by atoms with Crippen LogP contribution in [0, 0.1) is 26.7 Å². The van der Waals surface area contributed by atoms with E-state index in [0.717, 1.165) is 6.42 Å². The molecule has 1 aromatic rings. The summed E-state index contributed by atoms with van der Waals surface area (Å²) in [6.45, 7) is 10.0. The van der Waals surface area contributed by atoms with Crippen LogP contribution in [-0.4, -0.2) is 5.78 Å². The molecule has 0 saturated heterocycles. The first kappa shape index (κ1) is 12.0. The number of hydrogen-bond donors (Lipinski definition) is 0. The van der Waals surface area contributed by atoms with Crippen LogP contribution in [0.1, 0.15) is 36.1 Å². The first-order chi connectivity index (χ1) is 6.91. The van der Waals surface area contributed by atoms with Crippen LogP contribution in [0.25, 0.3) is 0 Å². The van der Waals surface area contributed by atoms with Gasteiger partial charge >= 0.3 is 0 Å². The van der Waals surface area contributed by atoms with Crippen LogP contribution in [0.15, 0.2) is 12.1 Å². The van der Waals surface area contributed by atoms with E-state index >= 15 is 0 Å². The van der Waals surface area contributed by atoms with Crippen LogP contribution in [-0.2, 0) is 11.2 Å². The van der Waals surface area contributed by atoms with E-state index in [2.05, 4.69) is 32.9 Å². The quantitative estimate of drug-likeness (QED) is 0.737. The highest BCUT2D eigenvalue weighted by atomic mass is 16.1. The molecule has 1 nitrogen and oxygen atoms in total. The summed E-state index contributed by atoms with van der Waals surface area (Å²) in [5, 5.41) is 0. The van der Waals surface area contributed by atoms with E-state index < -0.39 is 0 Å². The molecular formula is C14H20O. The Kier molecular flexibility index (Phi) is 3.67. The molecule has 82 valence electrons. The molecule has 1 unspecified atom stereocenters. The molecule has 1 atom stereocenters. The monoisotopic (exact) mass is 204 g/mol. The topological polar surface area (TPSA) is 17.1 Å². The average Bonchev–Trinajstić information content (AvgIpc) is 2.13. The van der Waals surface area contributed by atoms with Gasteiger partial charge in [-0.3, -0.25) is 4.79 Å². The predicted octanol–water partition coefficient (Wildman–Crippen LogP) is 3.38. The first-order valence-corrected chi connectivity index (χ1v) is 5.49. The summed E-state index contributed by atoms with van der Waals surface area (Å²) in [5.41, 5.74) is 5.24. The van der Waals surface area contributed by atoms with Crippen LogP contribution in [0.4, 0.5) is 0 Å². The Morgan fingerprint density at radius 3 is 2.20 bits per heavy atom. The van der Waals surface area contributed by atoms with E-state index in [4.69, 9.17) is 0 Å². The van der Waals surface area contributed by atoms with Crippen molar-refractivity contribution in [2.75, 3.05) is 0 Å². The van der Waals surface area contributed by atoms with E-state index in [0.29, 0.717) is 0 Å². The zero-order valence-electron chi connectivity index (χ0n) is 10.3. The van der Waals surface area contributed by atoms with Gasteiger partial charge in [0.2, 0.25) is 0 Å². The summed E-state index contributed by atoms with van der Waals surface area (Å²) < 4.78 is 0. The summed E-state index contributed by atoms with van der Waals surface area (Å²) in [7, 11) is 0. The zero-order chi connectivity index (χ0) is 11.6. The first-order valence-electron chi connectivity index (χ1n) is 5.49. The van der Waals surface area contributed by atoms with Gasteiger partial charge < -0.3 is 0 Å². The third kappa shape index (κ3) is 2.92. The van der Waals surface area contributed by atoms with E-state index in [1.165, 1.54) is 22.3 Å². The summed E-state index contributed by atoms with van der Waals surface area (Å²) in [5.74, 6) is 0.401. The molecule has 0 heterocycles. The van der Waals surface area contributed by atoms with Crippen molar-refractivity contribution >= 4 is 5.78 Å². The molecule has 0 aliphatic rings. The standard InChI is InChI=1S/C14H20O/c1-9-6-12(4)14(7-10(9)2)8-11(3)13(5)15/h6-7,11H,8H2,1-5H3. The lowest BCUT2D eigenvalue weighted by Crippen LogP contribution is -2.10. The minimum Gasteiger partial charge on any atom is -0.300 e. The van der Waals surface area contributed by atoms with Gasteiger partial charge in [-0.15, -0.1) is 0 Å². The van der Waals surface area contributed by atoms with E-state index in [1.54, 1.807) is 6.92 Å². The number of carbonyl (C=O) groups is 1.